The summed E-state index contributed by atoms with van der Waals surface area (Å²) in [5.74, 6) is 1.08. The molecule has 0 bridgehead atoms. The van der Waals surface area contributed by atoms with Crippen molar-refractivity contribution < 1.29 is 19.0 Å². The van der Waals surface area contributed by atoms with Crippen molar-refractivity contribution >= 4 is 5.91 Å². The van der Waals surface area contributed by atoms with Crippen LogP contribution >= 0.6 is 0 Å². The molecule has 2 aromatic carbocycles. The highest BCUT2D eigenvalue weighted by atomic mass is 19.1. The predicted octanol–water partition coefficient (Wildman–Crippen LogP) is 5.32. The van der Waals surface area contributed by atoms with Gasteiger partial charge in [-0.2, -0.15) is 0 Å². The number of carbonyl (C=O) groups is 1. The number of unbranched alkanes of at least 4 members (excludes halogenated alkanes) is 1. The molecule has 28 heavy (non-hydrogen) atoms. The van der Waals surface area contributed by atoms with Gasteiger partial charge >= 0.3 is 0 Å². The summed E-state index contributed by atoms with van der Waals surface area (Å²) in [6.45, 7) is 3.46. The number of nitrogens with one attached hydrogen (secondary N) is 1. The smallest absolute Gasteiger partial charge is 0.251 e. The van der Waals surface area contributed by atoms with E-state index in [1.165, 1.54) is 24.3 Å². The van der Waals surface area contributed by atoms with Crippen LogP contribution in [-0.2, 0) is 0 Å². The number of amides is 1. The average molecular weight is 387 g/mol. The van der Waals surface area contributed by atoms with Crippen molar-refractivity contribution in [2.45, 2.75) is 45.4 Å². The van der Waals surface area contributed by atoms with E-state index in [2.05, 4.69) is 12.2 Å². The zero-order chi connectivity index (χ0) is 20.2. The van der Waals surface area contributed by atoms with E-state index in [1.54, 1.807) is 24.3 Å². The Labute approximate surface area is 166 Å². The van der Waals surface area contributed by atoms with E-state index in [9.17, 15) is 14.3 Å². The largest absolute Gasteiger partial charge is 0.508 e. The molecule has 0 aliphatic carbocycles. The Bertz CT molecular complexity index is 701. The Morgan fingerprint density at radius 1 is 1.04 bits per heavy atom. The number of aromatic hydroxyl groups is 1. The number of carbonyl (C=O) groups excluding carboxylic acids is 1. The number of ether oxygens (including phenoxy) is 1. The number of phenolic OH excluding ortho intramolecular Hbond substituents is 1. The summed E-state index contributed by atoms with van der Waals surface area (Å²) in [5, 5.41) is 12.2. The van der Waals surface area contributed by atoms with Gasteiger partial charge in [-0.25, -0.2) is 4.39 Å². The van der Waals surface area contributed by atoms with Crippen molar-refractivity contribution in [3.05, 3.63) is 59.9 Å². The van der Waals surface area contributed by atoms with Gasteiger partial charge < -0.3 is 15.2 Å². The number of hydrogen-bond acceptors (Lipinski definition) is 3. The van der Waals surface area contributed by atoms with Crippen LogP contribution in [-0.4, -0.2) is 24.2 Å². The molecular formula is C23H30FNO3. The number of rotatable bonds is 12. The molecule has 2 aromatic rings. The van der Waals surface area contributed by atoms with E-state index >= 15 is 0 Å². The lowest BCUT2D eigenvalue weighted by Crippen LogP contribution is -2.24. The third-order valence-electron chi connectivity index (χ3n) is 4.76. The number of hydrogen-bond donors (Lipinski definition) is 2. The normalized spacial score (nSPS) is 11.8. The molecule has 2 N–H and O–H groups in total. The molecule has 1 atom stereocenters. The second-order valence-electron chi connectivity index (χ2n) is 7.04. The fourth-order valence-corrected chi connectivity index (χ4v) is 3.19. The molecule has 0 saturated heterocycles. The summed E-state index contributed by atoms with van der Waals surface area (Å²) in [7, 11) is 0. The SMILES string of the molecule is CCCC(CCCCNC(=O)c1ccc(O)cc1)CCOc1ccc(F)cc1. The highest BCUT2D eigenvalue weighted by Gasteiger charge is 2.09. The molecule has 0 aliphatic heterocycles. The second-order valence-corrected chi connectivity index (χ2v) is 7.04. The molecule has 0 heterocycles. The Kier molecular flexibility index (Phi) is 9.32. The molecule has 0 saturated carbocycles. The van der Waals surface area contributed by atoms with E-state index in [1.807, 2.05) is 0 Å². The summed E-state index contributed by atoms with van der Waals surface area (Å²) >= 11 is 0. The molecule has 4 nitrogen and oxygen atoms in total. The number of phenols is 1. The molecule has 0 spiro atoms. The zero-order valence-electron chi connectivity index (χ0n) is 16.5. The molecule has 0 fully saturated rings. The van der Waals surface area contributed by atoms with Crippen molar-refractivity contribution in [1.82, 2.24) is 5.32 Å². The van der Waals surface area contributed by atoms with Crippen LogP contribution in [0.5, 0.6) is 11.5 Å². The molecule has 1 amide bonds. The molecular weight excluding hydrogens is 357 g/mol. The quantitative estimate of drug-likeness (QED) is 0.485. The van der Waals surface area contributed by atoms with Gasteiger partial charge in [-0.05, 0) is 67.3 Å². The van der Waals surface area contributed by atoms with Gasteiger partial charge in [0.05, 0.1) is 6.61 Å². The minimum atomic E-state index is -0.256. The molecule has 0 aromatic heterocycles. The highest BCUT2D eigenvalue weighted by molar-refractivity contribution is 5.94. The minimum Gasteiger partial charge on any atom is -0.508 e. The monoisotopic (exact) mass is 387 g/mol. The van der Waals surface area contributed by atoms with E-state index in [-0.39, 0.29) is 17.5 Å². The first-order valence-corrected chi connectivity index (χ1v) is 10.0. The molecule has 152 valence electrons. The Morgan fingerprint density at radius 3 is 2.43 bits per heavy atom. The lowest BCUT2D eigenvalue weighted by Gasteiger charge is -2.16. The maximum Gasteiger partial charge on any atom is 0.251 e. The second kappa shape index (κ2) is 12.0. The van der Waals surface area contributed by atoms with E-state index in [0.717, 1.165) is 38.5 Å². The Hall–Kier alpha value is -2.56. The summed E-state index contributed by atoms with van der Waals surface area (Å²) in [6, 6.07) is 12.4. The van der Waals surface area contributed by atoms with E-state index in [4.69, 9.17) is 4.74 Å². The van der Waals surface area contributed by atoms with Gasteiger partial charge in [-0.15, -0.1) is 0 Å². The third-order valence-corrected chi connectivity index (χ3v) is 4.76. The van der Waals surface area contributed by atoms with Gasteiger partial charge in [-0.3, -0.25) is 4.79 Å². The minimum absolute atomic E-state index is 0.113. The molecule has 0 radical (unpaired) electrons. The van der Waals surface area contributed by atoms with E-state index in [0.29, 0.717) is 30.4 Å². The van der Waals surface area contributed by atoms with Crippen LogP contribution in [0.2, 0.25) is 0 Å². The summed E-state index contributed by atoms with van der Waals surface area (Å²) in [5.41, 5.74) is 0.555. The predicted molar refractivity (Wildman–Crippen MR) is 109 cm³/mol. The standard InChI is InChI=1S/C23H30FNO3/c1-2-5-18(15-17-28-22-13-9-20(24)10-14-22)6-3-4-16-25-23(27)19-7-11-21(26)12-8-19/h7-14,18,26H,2-6,15-17H2,1H3,(H,25,27). The van der Waals surface area contributed by atoms with E-state index < -0.39 is 0 Å². The Balaban J connectivity index is 1.62. The van der Waals surface area contributed by atoms with Gasteiger partial charge in [0.2, 0.25) is 0 Å². The van der Waals surface area contributed by atoms with Gasteiger partial charge in [0.15, 0.2) is 0 Å². The number of halogens is 1. The van der Waals surface area contributed by atoms with Crippen molar-refractivity contribution in [3.8, 4) is 11.5 Å². The first-order valence-electron chi connectivity index (χ1n) is 10.0. The highest BCUT2D eigenvalue weighted by Crippen LogP contribution is 2.20. The molecule has 5 heteroatoms. The molecule has 2 rings (SSSR count). The zero-order valence-corrected chi connectivity index (χ0v) is 16.5. The van der Waals surface area contributed by atoms with Gasteiger partial charge in [0.1, 0.15) is 17.3 Å². The van der Waals surface area contributed by atoms with Crippen LogP contribution in [0.15, 0.2) is 48.5 Å². The molecule has 0 aliphatic rings. The van der Waals surface area contributed by atoms with Crippen LogP contribution in [0.3, 0.4) is 0 Å². The van der Waals surface area contributed by atoms with Crippen molar-refractivity contribution in [2.75, 3.05) is 13.2 Å². The topological polar surface area (TPSA) is 58.6 Å². The first-order chi connectivity index (χ1) is 13.6. The first kappa shape index (κ1) is 21.7. The lowest BCUT2D eigenvalue weighted by molar-refractivity contribution is 0.0952. The van der Waals surface area contributed by atoms with Crippen molar-refractivity contribution in [3.63, 3.8) is 0 Å². The van der Waals surface area contributed by atoms with Gasteiger partial charge in [0.25, 0.3) is 5.91 Å². The summed E-state index contributed by atoms with van der Waals surface area (Å²) < 4.78 is 18.6. The van der Waals surface area contributed by atoms with Crippen LogP contribution in [0, 0.1) is 11.7 Å². The fourth-order valence-electron chi connectivity index (χ4n) is 3.19. The van der Waals surface area contributed by atoms with Crippen LogP contribution in [0.25, 0.3) is 0 Å². The maximum absolute atomic E-state index is 12.9. The van der Waals surface area contributed by atoms with Crippen LogP contribution in [0.1, 0.15) is 55.8 Å². The third kappa shape index (κ3) is 7.99. The van der Waals surface area contributed by atoms with Gasteiger partial charge in [-0.1, -0.05) is 32.6 Å². The molecule has 1 unspecified atom stereocenters. The average Bonchev–Trinajstić information content (AvgIpc) is 2.69. The van der Waals surface area contributed by atoms with Gasteiger partial charge in [0, 0.05) is 12.1 Å². The van der Waals surface area contributed by atoms with Crippen molar-refractivity contribution in [2.24, 2.45) is 5.92 Å². The maximum atomic E-state index is 12.9. The van der Waals surface area contributed by atoms with Crippen molar-refractivity contribution in [1.29, 1.82) is 0 Å². The van der Waals surface area contributed by atoms with Crippen LogP contribution < -0.4 is 10.1 Å². The Morgan fingerprint density at radius 2 is 1.75 bits per heavy atom. The van der Waals surface area contributed by atoms with Crippen LogP contribution in [0.4, 0.5) is 4.39 Å². The number of benzene rings is 2. The summed E-state index contributed by atoms with van der Waals surface area (Å²) in [6.07, 6.45) is 6.37. The fraction of sp³-hybridized carbons (Fsp3) is 0.435. The lowest BCUT2D eigenvalue weighted by atomic mass is 9.94. The summed E-state index contributed by atoms with van der Waals surface area (Å²) in [4.78, 5) is 12.0.